The van der Waals surface area contributed by atoms with Gasteiger partial charge in [-0.05, 0) is 23.3 Å². The number of rotatable bonds is 4. The number of fused-ring (bicyclic) bond motifs is 1. The van der Waals surface area contributed by atoms with E-state index in [1.807, 2.05) is 24.3 Å². The van der Waals surface area contributed by atoms with Gasteiger partial charge in [0.05, 0.1) is 5.60 Å². The fraction of sp³-hybridized carbons (Fsp3) is 0.250. The first kappa shape index (κ1) is 16.0. The molecule has 0 spiro atoms. The Morgan fingerprint density at radius 1 is 1.00 bits per heavy atom. The second kappa shape index (κ2) is 5.67. The number of sulfonamides is 1. The third-order valence-electron chi connectivity index (χ3n) is 3.94. The third-order valence-corrected chi connectivity index (χ3v) is 5.39. The molecule has 0 fully saturated rings. The van der Waals surface area contributed by atoms with Crippen molar-refractivity contribution < 1.29 is 22.3 Å². The molecule has 2 aromatic rings. The molecule has 122 valence electrons. The number of halogens is 2. The summed E-state index contributed by atoms with van der Waals surface area (Å²) in [5, 5.41) is 10.5. The quantitative estimate of drug-likeness (QED) is 0.892. The minimum atomic E-state index is -4.39. The summed E-state index contributed by atoms with van der Waals surface area (Å²) in [5.74, 6) is -2.33. The summed E-state index contributed by atoms with van der Waals surface area (Å²) in [7, 11) is -4.39. The molecule has 0 aliphatic heterocycles. The predicted octanol–water partition coefficient (Wildman–Crippen LogP) is 1.77. The van der Waals surface area contributed by atoms with Crippen LogP contribution in [0.5, 0.6) is 0 Å². The van der Waals surface area contributed by atoms with Crippen LogP contribution in [0, 0.1) is 11.6 Å². The SMILES string of the molecule is O=S(=O)(NCC1(O)Cc2ccccc2C1)c1c(F)cccc1F. The number of benzene rings is 2. The molecule has 3 rings (SSSR count). The first-order valence-corrected chi connectivity index (χ1v) is 8.52. The molecule has 0 saturated heterocycles. The van der Waals surface area contributed by atoms with Gasteiger partial charge in [0, 0.05) is 19.4 Å². The number of hydrogen-bond donors (Lipinski definition) is 2. The summed E-state index contributed by atoms with van der Waals surface area (Å²) in [5.41, 5.74) is 0.566. The standard InChI is InChI=1S/C16H15F2NO3S/c17-13-6-3-7-14(18)15(13)23(21,22)19-10-16(20)8-11-4-1-2-5-12(11)9-16/h1-7,19-20H,8-10H2. The molecule has 0 saturated carbocycles. The Balaban J connectivity index is 1.79. The Kier molecular flexibility index (Phi) is 3.95. The van der Waals surface area contributed by atoms with Crippen LogP contribution in [-0.4, -0.2) is 25.7 Å². The normalized spacial score (nSPS) is 16.3. The maximum absolute atomic E-state index is 13.6. The zero-order chi connectivity index (χ0) is 16.7. The smallest absolute Gasteiger partial charge is 0.246 e. The average molecular weight is 339 g/mol. The van der Waals surface area contributed by atoms with Crippen LogP contribution in [0.25, 0.3) is 0 Å². The van der Waals surface area contributed by atoms with Gasteiger partial charge in [0.1, 0.15) is 11.6 Å². The molecular weight excluding hydrogens is 324 g/mol. The molecule has 4 nitrogen and oxygen atoms in total. The number of hydrogen-bond acceptors (Lipinski definition) is 3. The second-order valence-electron chi connectivity index (χ2n) is 5.72. The molecule has 0 aromatic heterocycles. The Labute approximate surface area is 132 Å². The first-order valence-electron chi connectivity index (χ1n) is 7.04. The van der Waals surface area contributed by atoms with Crippen LogP contribution >= 0.6 is 0 Å². The molecule has 23 heavy (non-hydrogen) atoms. The van der Waals surface area contributed by atoms with E-state index in [1.165, 1.54) is 0 Å². The molecule has 1 aliphatic rings. The van der Waals surface area contributed by atoms with Crippen LogP contribution in [0.1, 0.15) is 11.1 Å². The van der Waals surface area contributed by atoms with E-state index in [1.54, 1.807) is 0 Å². The summed E-state index contributed by atoms with van der Waals surface area (Å²) in [4.78, 5) is -1.03. The summed E-state index contributed by atoms with van der Waals surface area (Å²) in [6, 6.07) is 10.2. The summed E-state index contributed by atoms with van der Waals surface area (Å²) in [6.07, 6.45) is 0.566. The van der Waals surface area contributed by atoms with E-state index in [9.17, 15) is 22.3 Å². The Hall–Kier alpha value is -1.83. The molecule has 0 heterocycles. The fourth-order valence-electron chi connectivity index (χ4n) is 2.84. The third kappa shape index (κ3) is 3.12. The fourth-order valence-corrected chi connectivity index (χ4v) is 4.09. The van der Waals surface area contributed by atoms with Crippen molar-refractivity contribution in [2.45, 2.75) is 23.3 Å². The van der Waals surface area contributed by atoms with Crippen LogP contribution in [0.4, 0.5) is 8.78 Å². The van der Waals surface area contributed by atoms with Crippen molar-refractivity contribution in [3.05, 3.63) is 65.2 Å². The molecule has 0 unspecified atom stereocenters. The topological polar surface area (TPSA) is 66.4 Å². The lowest BCUT2D eigenvalue weighted by atomic mass is 10.0. The van der Waals surface area contributed by atoms with Crippen molar-refractivity contribution in [3.63, 3.8) is 0 Å². The van der Waals surface area contributed by atoms with Gasteiger partial charge in [-0.25, -0.2) is 21.9 Å². The molecule has 0 amide bonds. The van der Waals surface area contributed by atoms with Gasteiger partial charge in [0.15, 0.2) is 4.90 Å². The molecule has 0 bridgehead atoms. The Morgan fingerprint density at radius 3 is 2.04 bits per heavy atom. The maximum atomic E-state index is 13.6. The molecule has 0 radical (unpaired) electrons. The first-order chi connectivity index (χ1) is 10.8. The molecule has 2 aromatic carbocycles. The van der Waals surface area contributed by atoms with Gasteiger partial charge < -0.3 is 5.11 Å². The predicted molar refractivity (Wildman–Crippen MR) is 80.3 cm³/mol. The Morgan fingerprint density at radius 2 is 1.52 bits per heavy atom. The molecular formula is C16H15F2NO3S. The molecule has 7 heteroatoms. The van der Waals surface area contributed by atoms with Crippen LogP contribution < -0.4 is 4.72 Å². The minimum absolute atomic E-state index is 0.283. The van der Waals surface area contributed by atoms with Crippen molar-refractivity contribution >= 4 is 10.0 Å². The minimum Gasteiger partial charge on any atom is -0.388 e. The molecule has 2 N–H and O–H groups in total. The van der Waals surface area contributed by atoms with Gasteiger partial charge in [-0.15, -0.1) is 0 Å². The number of nitrogens with one attached hydrogen (secondary N) is 1. The molecule has 1 aliphatic carbocycles. The van der Waals surface area contributed by atoms with Gasteiger partial charge in [0.2, 0.25) is 10.0 Å². The van der Waals surface area contributed by atoms with Crippen molar-refractivity contribution in [1.82, 2.24) is 4.72 Å². The largest absolute Gasteiger partial charge is 0.388 e. The average Bonchev–Trinajstić information content (AvgIpc) is 2.82. The second-order valence-corrected chi connectivity index (χ2v) is 7.43. The van der Waals surface area contributed by atoms with Crippen LogP contribution in [0.2, 0.25) is 0 Å². The monoisotopic (exact) mass is 339 g/mol. The van der Waals surface area contributed by atoms with E-state index in [2.05, 4.69) is 4.72 Å². The highest BCUT2D eigenvalue weighted by Gasteiger charge is 2.36. The van der Waals surface area contributed by atoms with Crippen LogP contribution in [0.3, 0.4) is 0 Å². The van der Waals surface area contributed by atoms with Gasteiger partial charge in [0.25, 0.3) is 0 Å². The van der Waals surface area contributed by atoms with Crippen LogP contribution in [0.15, 0.2) is 47.4 Å². The lowest BCUT2D eigenvalue weighted by Gasteiger charge is -2.22. The lowest BCUT2D eigenvalue weighted by molar-refractivity contribution is 0.0567. The van der Waals surface area contributed by atoms with Crippen molar-refractivity contribution in [2.24, 2.45) is 0 Å². The van der Waals surface area contributed by atoms with E-state index in [-0.39, 0.29) is 19.4 Å². The van der Waals surface area contributed by atoms with E-state index < -0.39 is 32.2 Å². The highest BCUT2D eigenvalue weighted by atomic mass is 32.2. The maximum Gasteiger partial charge on any atom is 0.246 e. The van der Waals surface area contributed by atoms with Gasteiger partial charge >= 0.3 is 0 Å². The van der Waals surface area contributed by atoms with Gasteiger partial charge in [-0.1, -0.05) is 30.3 Å². The zero-order valence-electron chi connectivity index (χ0n) is 12.1. The van der Waals surface area contributed by atoms with Crippen molar-refractivity contribution in [3.8, 4) is 0 Å². The Bertz CT molecular complexity index is 807. The van der Waals surface area contributed by atoms with E-state index in [0.29, 0.717) is 0 Å². The van der Waals surface area contributed by atoms with Crippen molar-refractivity contribution in [1.29, 1.82) is 0 Å². The van der Waals surface area contributed by atoms with E-state index in [4.69, 9.17) is 0 Å². The zero-order valence-corrected chi connectivity index (χ0v) is 12.9. The number of aliphatic hydroxyl groups is 1. The van der Waals surface area contributed by atoms with Crippen molar-refractivity contribution in [2.75, 3.05) is 6.54 Å². The van der Waals surface area contributed by atoms with Crippen LogP contribution in [-0.2, 0) is 22.9 Å². The van der Waals surface area contributed by atoms with E-state index in [0.717, 1.165) is 29.3 Å². The summed E-state index contributed by atoms with van der Waals surface area (Å²) >= 11 is 0. The van der Waals surface area contributed by atoms with Gasteiger partial charge in [-0.2, -0.15) is 0 Å². The molecule has 0 atom stereocenters. The highest BCUT2D eigenvalue weighted by Crippen LogP contribution is 2.30. The summed E-state index contributed by atoms with van der Waals surface area (Å²) in [6.45, 7) is -0.322. The van der Waals surface area contributed by atoms with Gasteiger partial charge in [-0.3, -0.25) is 0 Å². The highest BCUT2D eigenvalue weighted by molar-refractivity contribution is 7.89. The van der Waals surface area contributed by atoms with E-state index >= 15 is 0 Å². The summed E-state index contributed by atoms with van der Waals surface area (Å²) < 4.78 is 53.7. The lowest BCUT2D eigenvalue weighted by Crippen LogP contribution is -2.43.